The van der Waals surface area contributed by atoms with Crippen molar-refractivity contribution in [2.24, 2.45) is 5.92 Å². The van der Waals surface area contributed by atoms with E-state index >= 15 is 0 Å². The lowest BCUT2D eigenvalue weighted by atomic mass is 10.1. The quantitative estimate of drug-likeness (QED) is 0.814. The number of hydrogen-bond acceptors (Lipinski definition) is 4. The lowest BCUT2D eigenvalue weighted by Gasteiger charge is -2.23. The number of benzene rings is 1. The number of anilines is 1. The molecule has 1 aromatic heterocycles. The molecule has 1 aliphatic heterocycles. The van der Waals surface area contributed by atoms with Crippen LogP contribution in [0.1, 0.15) is 5.56 Å². The maximum Gasteiger partial charge on any atom is 0.254 e. The Labute approximate surface area is 140 Å². The number of halogens is 1. The monoisotopic (exact) mass is 379 g/mol. The molecule has 0 spiro atoms. The summed E-state index contributed by atoms with van der Waals surface area (Å²) in [4.78, 5) is 28.4. The average Bonchev–Trinajstić information content (AvgIpc) is 2.51. The minimum absolute atomic E-state index is 0.0735. The summed E-state index contributed by atoms with van der Waals surface area (Å²) in [6.45, 7) is 2.34. The number of thioether (sulfide) groups is 1. The Hall–Kier alpha value is -1.60. The Morgan fingerprint density at radius 3 is 3.05 bits per heavy atom. The van der Waals surface area contributed by atoms with E-state index in [1.54, 1.807) is 4.57 Å². The molecule has 0 fully saturated rings. The Morgan fingerprint density at radius 1 is 1.45 bits per heavy atom. The van der Waals surface area contributed by atoms with Crippen molar-refractivity contribution in [3.8, 4) is 0 Å². The van der Waals surface area contributed by atoms with E-state index in [1.807, 2.05) is 25.1 Å². The fourth-order valence-corrected chi connectivity index (χ4v) is 3.58. The SMILES string of the molecule is Cc1cc(NC(=O)C2CSc3nccc(=O)n3C2)ccc1Br. The van der Waals surface area contributed by atoms with Crippen molar-refractivity contribution >= 4 is 39.3 Å². The van der Waals surface area contributed by atoms with Gasteiger partial charge in [-0.2, -0.15) is 0 Å². The summed E-state index contributed by atoms with van der Waals surface area (Å²) in [6.07, 6.45) is 1.51. The summed E-state index contributed by atoms with van der Waals surface area (Å²) in [5, 5.41) is 3.60. The van der Waals surface area contributed by atoms with Crippen LogP contribution in [0.3, 0.4) is 0 Å². The molecule has 1 N–H and O–H groups in total. The number of rotatable bonds is 2. The van der Waals surface area contributed by atoms with Gasteiger partial charge < -0.3 is 5.32 Å². The number of nitrogens with one attached hydrogen (secondary N) is 1. The van der Waals surface area contributed by atoms with Crippen LogP contribution in [0.5, 0.6) is 0 Å². The molecule has 3 rings (SSSR count). The lowest BCUT2D eigenvalue weighted by Crippen LogP contribution is -2.36. The first-order valence-electron chi connectivity index (χ1n) is 6.80. The molecule has 22 heavy (non-hydrogen) atoms. The van der Waals surface area contributed by atoms with E-state index in [2.05, 4.69) is 26.2 Å². The Morgan fingerprint density at radius 2 is 2.27 bits per heavy atom. The van der Waals surface area contributed by atoms with Gasteiger partial charge in [-0.3, -0.25) is 14.2 Å². The molecule has 5 nitrogen and oxygen atoms in total. The number of fused-ring (bicyclic) bond motifs is 1. The predicted octanol–water partition coefficient (Wildman–Crippen LogP) is 2.67. The van der Waals surface area contributed by atoms with Crippen molar-refractivity contribution in [1.82, 2.24) is 9.55 Å². The third kappa shape index (κ3) is 3.10. The lowest BCUT2D eigenvalue weighted by molar-refractivity contribution is -0.119. The Kier molecular flexibility index (Phi) is 4.35. The highest BCUT2D eigenvalue weighted by molar-refractivity contribution is 9.10. The standard InChI is InChI=1S/C15H14BrN3O2S/c1-9-6-11(2-3-12(9)16)18-14(21)10-7-19-13(20)4-5-17-15(19)22-8-10/h2-6,10H,7-8H2,1H3,(H,18,21). The molecule has 0 aliphatic carbocycles. The predicted molar refractivity (Wildman–Crippen MR) is 90.2 cm³/mol. The number of nitrogens with zero attached hydrogens (tertiary/aromatic N) is 2. The summed E-state index contributed by atoms with van der Waals surface area (Å²) >= 11 is 4.88. The van der Waals surface area contributed by atoms with Crippen LogP contribution in [0, 0.1) is 12.8 Å². The molecule has 1 amide bonds. The Bertz CT molecular complexity index is 791. The van der Waals surface area contributed by atoms with Gasteiger partial charge in [0, 0.05) is 34.7 Å². The molecule has 0 saturated heterocycles. The van der Waals surface area contributed by atoms with Crippen LogP contribution in [-0.4, -0.2) is 21.2 Å². The van der Waals surface area contributed by atoms with Gasteiger partial charge >= 0.3 is 0 Å². The van der Waals surface area contributed by atoms with Crippen LogP contribution in [0.4, 0.5) is 5.69 Å². The average molecular weight is 380 g/mol. The molecular formula is C15H14BrN3O2S. The van der Waals surface area contributed by atoms with E-state index in [4.69, 9.17) is 0 Å². The van der Waals surface area contributed by atoms with Gasteiger partial charge in [-0.25, -0.2) is 4.98 Å². The second kappa shape index (κ2) is 6.26. The van der Waals surface area contributed by atoms with Crippen molar-refractivity contribution in [1.29, 1.82) is 0 Å². The maximum absolute atomic E-state index is 12.4. The molecule has 2 aromatic rings. The van der Waals surface area contributed by atoms with Gasteiger partial charge in [0.05, 0.1) is 5.92 Å². The van der Waals surface area contributed by atoms with Gasteiger partial charge in [-0.05, 0) is 30.7 Å². The van der Waals surface area contributed by atoms with E-state index in [0.717, 1.165) is 15.7 Å². The summed E-state index contributed by atoms with van der Waals surface area (Å²) < 4.78 is 2.57. The van der Waals surface area contributed by atoms with E-state index in [9.17, 15) is 9.59 Å². The van der Waals surface area contributed by atoms with Crippen LogP contribution < -0.4 is 10.9 Å². The molecule has 1 unspecified atom stereocenters. The molecule has 2 heterocycles. The molecule has 1 aromatic carbocycles. The van der Waals surface area contributed by atoms with Crippen LogP contribution in [-0.2, 0) is 11.3 Å². The molecule has 114 valence electrons. The highest BCUT2D eigenvalue weighted by Crippen LogP contribution is 2.26. The summed E-state index contributed by atoms with van der Waals surface area (Å²) in [7, 11) is 0. The minimum atomic E-state index is -0.247. The number of aryl methyl sites for hydroxylation is 1. The van der Waals surface area contributed by atoms with Crippen molar-refractivity contribution < 1.29 is 4.79 Å². The van der Waals surface area contributed by atoms with Crippen molar-refractivity contribution in [3.63, 3.8) is 0 Å². The van der Waals surface area contributed by atoms with Gasteiger partial charge in [-0.15, -0.1) is 0 Å². The van der Waals surface area contributed by atoms with Crippen molar-refractivity contribution in [3.05, 3.63) is 50.9 Å². The second-order valence-corrected chi connectivity index (χ2v) is 6.98. The molecular weight excluding hydrogens is 366 g/mol. The smallest absolute Gasteiger partial charge is 0.254 e. The van der Waals surface area contributed by atoms with Crippen molar-refractivity contribution in [2.45, 2.75) is 18.6 Å². The first kappa shape index (κ1) is 15.3. The van der Waals surface area contributed by atoms with Crippen LogP contribution in [0.2, 0.25) is 0 Å². The second-order valence-electron chi connectivity index (χ2n) is 5.14. The minimum Gasteiger partial charge on any atom is -0.326 e. The van der Waals surface area contributed by atoms with Gasteiger partial charge in [0.25, 0.3) is 5.56 Å². The Balaban J connectivity index is 1.75. The first-order valence-corrected chi connectivity index (χ1v) is 8.58. The maximum atomic E-state index is 12.4. The normalized spacial score (nSPS) is 16.9. The zero-order valence-electron chi connectivity index (χ0n) is 11.9. The zero-order valence-corrected chi connectivity index (χ0v) is 14.3. The summed E-state index contributed by atoms with van der Waals surface area (Å²) in [5.41, 5.74) is 1.70. The highest BCUT2D eigenvalue weighted by Gasteiger charge is 2.26. The number of carbonyl (C=O) groups excluding carboxylic acids is 1. The third-order valence-electron chi connectivity index (χ3n) is 3.51. The van der Waals surface area contributed by atoms with Gasteiger partial charge in [0.15, 0.2) is 5.16 Å². The van der Waals surface area contributed by atoms with Crippen molar-refractivity contribution in [2.75, 3.05) is 11.1 Å². The number of hydrogen-bond donors (Lipinski definition) is 1. The molecule has 1 atom stereocenters. The van der Waals surface area contributed by atoms with E-state index in [-0.39, 0.29) is 17.4 Å². The fraction of sp³-hybridized carbons (Fsp3) is 0.267. The zero-order chi connectivity index (χ0) is 15.7. The van der Waals surface area contributed by atoms with Gasteiger partial charge in [0.2, 0.25) is 5.91 Å². The topological polar surface area (TPSA) is 64.0 Å². The fourth-order valence-electron chi connectivity index (χ4n) is 2.28. The molecule has 1 aliphatic rings. The van der Waals surface area contributed by atoms with Crippen LogP contribution >= 0.6 is 27.7 Å². The van der Waals surface area contributed by atoms with Crippen LogP contribution in [0.15, 0.2) is 44.9 Å². The van der Waals surface area contributed by atoms with Crippen LogP contribution in [0.25, 0.3) is 0 Å². The highest BCUT2D eigenvalue weighted by atomic mass is 79.9. The number of aromatic nitrogens is 2. The third-order valence-corrected chi connectivity index (χ3v) is 5.55. The largest absolute Gasteiger partial charge is 0.326 e. The number of carbonyl (C=O) groups is 1. The molecule has 0 radical (unpaired) electrons. The number of amides is 1. The molecule has 0 bridgehead atoms. The van der Waals surface area contributed by atoms with Gasteiger partial charge in [-0.1, -0.05) is 27.7 Å². The molecule has 7 heteroatoms. The summed E-state index contributed by atoms with van der Waals surface area (Å²) in [6, 6.07) is 7.10. The van der Waals surface area contributed by atoms with E-state index < -0.39 is 0 Å². The molecule has 0 saturated carbocycles. The summed E-state index contributed by atoms with van der Waals surface area (Å²) in [5.74, 6) is 0.302. The van der Waals surface area contributed by atoms with Gasteiger partial charge in [0.1, 0.15) is 0 Å². The van der Waals surface area contributed by atoms with E-state index in [1.165, 1.54) is 24.0 Å². The first-order chi connectivity index (χ1) is 10.5. The van der Waals surface area contributed by atoms with E-state index in [0.29, 0.717) is 17.5 Å².